The number of nitrogens with one attached hydrogen (secondary N) is 1. The number of nitrogens with two attached hydrogens (primary N) is 1. The maximum absolute atomic E-state index is 11.3. The third-order valence-electron chi connectivity index (χ3n) is 2.82. The Morgan fingerprint density at radius 3 is 2.47 bits per heavy atom. The molecular formula is C12H16N2O3. The van der Waals surface area contributed by atoms with Gasteiger partial charge in [0.1, 0.15) is 19.3 Å². The van der Waals surface area contributed by atoms with Gasteiger partial charge < -0.3 is 20.5 Å². The average molecular weight is 236 g/mol. The van der Waals surface area contributed by atoms with E-state index in [1.165, 1.54) is 0 Å². The molecule has 1 aromatic rings. The van der Waals surface area contributed by atoms with Crippen LogP contribution in [0.1, 0.15) is 17.2 Å². The molecule has 92 valence electrons. The quantitative estimate of drug-likeness (QED) is 0.802. The highest BCUT2D eigenvalue weighted by Gasteiger charge is 2.21. The monoisotopic (exact) mass is 236 g/mol. The zero-order valence-electron chi connectivity index (χ0n) is 9.95. The summed E-state index contributed by atoms with van der Waals surface area (Å²) in [6, 6.07) is 3.18. The van der Waals surface area contributed by atoms with Gasteiger partial charge in [-0.05, 0) is 37.2 Å². The van der Waals surface area contributed by atoms with E-state index in [4.69, 9.17) is 15.2 Å². The van der Waals surface area contributed by atoms with E-state index in [0.29, 0.717) is 19.0 Å². The first-order chi connectivity index (χ1) is 8.13. The Hall–Kier alpha value is -1.75. The molecule has 0 aromatic heterocycles. The minimum Gasteiger partial charge on any atom is -0.486 e. The van der Waals surface area contributed by atoms with E-state index in [9.17, 15) is 4.79 Å². The number of primary amides is 1. The van der Waals surface area contributed by atoms with Crippen LogP contribution in [0.5, 0.6) is 11.5 Å². The number of amides is 1. The Morgan fingerprint density at radius 2 is 1.94 bits per heavy atom. The summed E-state index contributed by atoms with van der Waals surface area (Å²) in [5.41, 5.74) is 7.13. The summed E-state index contributed by atoms with van der Waals surface area (Å²) in [6.45, 7) is 2.99. The van der Waals surface area contributed by atoms with Gasteiger partial charge in [-0.2, -0.15) is 0 Å². The van der Waals surface area contributed by atoms with Crippen LogP contribution >= 0.6 is 0 Å². The topological polar surface area (TPSA) is 73.6 Å². The van der Waals surface area contributed by atoms with E-state index in [1.54, 1.807) is 7.05 Å². The lowest BCUT2D eigenvalue weighted by atomic mass is 10.00. The SMILES string of the molecule is CNC(C(N)=O)c1cc2c(cc1C)OCCO2. The van der Waals surface area contributed by atoms with Crippen molar-refractivity contribution in [1.82, 2.24) is 5.32 Å². The first-order valence-corrected chi connectivity index (χ1v) is 5.50. The molecule has 0 saturated carbocycles. The first-order valence-electron chi connectivity index (χ1n) is 5.50. The van der Waals surface area contributed by atoms with Gasteiger partial charge in [-0.1, -0.05) is 0 Å². The summed E-state index contributed by atoms with van der Waals surface area (Å²) in [5.74, 6) is 0.974. The Labute approximate surface area is 99.9 Å². The molecule has 1 amide bonds. The fourth-order valence-electron chi connectivity index (χ4n) is 1.97. The van der Waals surface area contributed by atoms with Crippen LogP contribution in [0.25, 0.3) is 0 Å². The Balaban J connectivity index is 2.43. The van der Waals surface area contributed by atoms with E-state index >= 15 is 0 Å². The Kier molecular flexibility index (Phi) is 3.19. The number of carbonyl (C=O) groups excluding carboxylic acids is 1. The fourth-order valence-corrected chi connectivity index (χ4v) is 1.97. The molecule has 5 heteroatoms. The first kappa shape index (κ1) is 11.7. The lowest BCUT2D eigenvalue weighted by Gasteiger charge is -2.22. The average Bonchev–Trinajstić information content (AvgIpc) is 2.30. The number of hydrogen-bond acceptors (Lipinski definition) is 4. The van der Waals surface area contributed by atoms with Gasteiger partial charge in [-0.15, -0.1) is 0 Å². The van der Waals surface area contributed by atoms with Crippen molar-refractivity contribution in [3.8, 4) is 11.5 Å². The molecule has 1 unspecified atom stereocenters. The van der Waals surface area contributed by atoms with Gasteiger partial charge in [0.05, 0.1) is 0 Å². The molecule has 1 heterocycles. The van der Waals surface area contributed by atoms with Gasteiger partial charge in [0.2, 0.25) is 5.91 Å². The van der Waals surface area contributed by atoms with Crippen LogP contribution in [-0.4, -0.2) is 26.2 Å². The van der Waals surface area contributed by atoms with Crippen molar-refractivity contribution in [3.63, 3.8) is 0 Å². The van der Waals surface area contributed by atoms with Crippen LogP contribution in [0.3, 0.4) is 0 Å². The van der Waals surface area contributed by atoms with Crippen molar-refractivity contribution < 1.29 is 14.3 Å². The molecule has 0 spiro atoms. The predicted molar refractivity (Wildman–Crippen MR) is 63.2 cm³/mol. The summed E-state index contributed by atoms with van der Waals surface area (Å²) >= 11 is 0. The molecule has 0 radical (unpaired) electrons. The van der Waals surface area contributed by atoms with Crippen molar-refractivity contribution in [3.05, 3.63) is 23.3 Å². The highest BCUT2D eigenvalue weighted by atomic mass is 16.6. The smallest absolute Gasteiger partial charge is 0.239 e. The maximum Gasteiger partial charge on any atom is 0.239 e. The third-order valence-corrected chi connectivity index (χ3v) is 2.82. The van der Waals surface area contributed by atoms with Crippen LogP contribution in [0.2, 0.25) is 0 Å². The third kappa shape index (κ3) is 2.19. The second-order valence-electron chi connectivity index (χ2n) is 3.98. The number of aryl methyl sites for hydroxylation is 1. The molecule has 5 nitrogen and oxygen atoms in total. The van der Waals surface area contributed by atoms with Gasteiger partial charge in [0.15, 0.2) is 11.5 Å². The Morgan fingerprint density at radius 1 is 1.35 bits per heavy atom. The molecule has 3 N–H and O–H groups in total. The summed E-state index contributed by atoms with van der Waals surface area (Å²) < 4.78 is 11.0. The maximum atomic E-state index is 11.3. The number of hydrogen-bond donors (Lipinski definition) is 2. The van der Waals surface area contributed by atoms with E-state index in [1.807, 2.05) is 19.1 Å². The van der Waals surface area contributed by atoms with Crippen molar-refractivity contribution in [2.45, 2.75) is 13.0 Å². The van der Waals surface area contributed by atoms with Crippen molar-refractivity contribution >= 4 is 5.91 Å². The largest absolute Gasteiger partial charge is 0.486 e. The van der Waals surface area contributed by atoms with E-state index in [2.05, 4.69) is 5.32 Å². The molecule has 0 bridgehead atoms. The number of likely N-dealkylation sites (N-methyl/N-ethyl adjacent to an activating group) is 1. The summed E-state index contributed by atoms with van der Waals surface area (Å²) in [7, 11) is 1.70. The summed E-state index contributed by atoms with van der Waals surface area (Å²) in [4.78, 5) is 11.3. The molecule has 1 aliphatic rings. The van der Waals surface area contributed by atoms with Crippen molar-refractivity contribution in [1.29, 1.82) is 0 Å². The van der Waals surface area contributed by atoms with E-state index < -0.39 is 11.9 Å². The summed E-state index contributed by atoms with van der Waals surface area (Å²) in [5, 5.41) is 2.89. The van der Waals surface area contributed by atoms with Crippen LogP contribution in [0.15, 0.2) is 12.1 Å². The van der Waals surface area contributed by atoms with E-state index in [0.717, 1.165) is 16.9 Å². The number of rotatable bonds is 3. The molecule has 0 saturated heterocycles. The van der Waals surface area contributed by atoms with Crippen LogP contribution < -0.4 is 20.5 Å². The molecule has 1 aliphatic heterocycles. The second kappa shape index (κ2) is 4.63. The van der Waals surface area contributed by atoms with Gasteiger partial charge in [-0.25, -0.2) is 0 Å². The molecule has 0 aliphatic carbocycles. The molecule has 1 atom stereocenters. The molecule has 17 heavy (non-hydrogen) atoms. The highest BCUT2D eigenvalue weighted by molar-refractivity contribution is 5.82. The van der Waals surface area contributed by atoms with E-state index in [-0.39, 0.29) is 0 Å². The van der Waals surface area contributed by atoms with Gasteiger partial charge >= 0.3 is 0 Å². The Bertz CT molecular complexity index is 446. The number of benzene rings is 1. The molecule has 2 rings (SSSR count). The van der Waals surface area contributed by atoms with Crippen LogP contribution in [0, 0.1) is 6.92 Å². The standard InChI is InChI=1S/C12H16N2O3/c1-7-5-9-10(17-4-3-16-9)6-8(7)11(14-2)12(13)15/h5-6,11,14H,3-4H2,1-2H3,(H2,13,15). The molecule has 1 aromatic carbocycles. The summed E-state index contributed by atoms with van der Waals surface area (Å²) in [6.07, 6.45) is 0. The predicted octanol–water partition coefficient (Wildman–Crippen LogP) is 0.512. The fraction of sp³-hybridized carbons (Fsp3) is 0.417. The molecular weight excluding hydrogens is 220 g/mol. The lowest BCUT2D eigenvalue weighted by molar-refractivity contribution is -0.120. The van der Waals surface area contributed by atoms with Crippen molar-refractivity contribution in [2.24, 2.45) is 5.73 Å². The van der Waals surface area contributed by atoms with Gasteiger partial charge in [0.25, 0.3) is 0 Å². The minimum absolute atomic E-state index is 0.410. The lowest BCUT2D eigenvalue weighted by Crippen LogP contribution is -2.32. The molecule has 0 fully saturated rings. The van der Waals surface area contributed by atoms with Crippen LogP contribution in [-0.2, 0) is 4.79 Å². The van der Waals surface area contributed by atoms with Gasteiger partial charge in [-0.3, -0.25) is 4.79 Å². The van der Waals surface area contributed by atoms with Gasteiger partial charge in [0, 0.05) is 0 Å². The number of ether oxygens (including phenoxy) is 2. The number of fused-ring (bicyclic) bond motifs is 1. The second-order valence-corrected chi connectivity index (χ2v) is 3.98. The zero-order valence-corrected chi connectivity index (χ0v) is 9.95. The van der Waals surface area contributed by atoms with Crippen molar-refractivity contribution in [2.75, 3.05) is 20.3 Å². The zero-order chi connectivity index (χ0) is 12.4. The minimum atomic E-state index is -0.508. The number of carbonyl (C=O) groups is 1. The highest BCUT2D eigenvalue weighted by Crippen LogP contribution is 2.34. The van der Waals surface area contributed by atoms with Crippen LogP contribution in [0.4, 0.5) is 0 Å². The normalized spacial score (nSPS) is 15.4.